The molecule has 16 heteroatoms. The van der Waals surface area contributed by atoms with Gasteiger partial charge in [-0.25, -0.2) is 0 Å². The molecule has 0 saturated carbocycles. The molecule has 4 atom stereocenters. The van der Waals surface area contributed by atoms with Gasteiger partial charge < -0.3 is 44.2 Å². The number of nitrogens with zero attached hydrogens (tertiary/aromatic N) is 3. The lowest BCUT2D eigenvalue weighted by Crippen LogP contribution is -2.54. The molecule has 1 heterocycles. The lowest BCUT2D eigenvalue weighted by Gasteiger charge is -2.37. The minimum atomic E-state index is -1.04. The SMILES string of the molecule is CC(=O)N[C@@H](CCCN=C(N)N)C(=O)N[C@@H](CCCN=C(N)N)C(=O)C[C@H](Cc1ccc(I)cc1)C(=O)N1Cc2ccccc2C[C@H]1C(N)=O. The summed E-state index contributed by atoms with van der Waals surface area (Å²) in [6.07, 6.45) is 1.32. The summed E-state index contributed by atoms with van der Waals surface area (Å²) in [5.74, 6) is -3.53. The summed E-state index contributed by atoms with van der Waals surface area (Å²) in [6.45, 7) is 1.89. The number of fused-ring (bicyclic) bond motifs is 1. The van der Waals surface area contributed by atoms with E-state index in [-0.39, 0.29) is 63.7 Å². The average Bonchev–Trinajstić information content (AvgIpc) is 3.06. The molecule has 50 heavy (non-hydrogen) atoms. The standard InChI is InChI=1S/C34H47IN10O5/c1-20(46)43-27(9-5-15-42-34(39)40)31(49)44-26(8-4-14-41-33(37)38)29(47)18-24(16-21-10-12-25(35)13-11-21)32(50)45-19-23-7-3-2-6-22(23)17-28(45)30(36)48/h2-3,6-7,10-13,24,26-28H,4-5,8-9,14-19H2,1H3,(H2,36,48)(H,43,46)(H,44,49)(H4,37,38,41)(H4,39,40,42)/t24-,26-,27-,28-/m0/s1. The normalized spacial score (nSPS) is 15.4. The van der Waals surface area contributed by atoms with Gasteiger partial charge in [0.2, 0.25) is 23.6 Å². The van der Waals surface area contributed by atoms with E-state index in [1.807, 2.05) is 48.5 Å². The van der Waals surface area contributed by atoms with Gasteiger partial charge >= 0.3 is 0 Å². The third-order valence-electron chi connectivity index (χ3n) is 8.34. The fraction of sp³-hybridized carbons (Fsp3) is 0.441. The smallest absolute Gasteiger partial charge is 0.243 e. The van der Waals surface area contributed by atoms with Crippen LogP contribution in [0.15, 0.2) is 58.5 Å². The highest BCUT2D eigenvalue weighted by atomic mass is 127. The second-order valence-corrected chi connectivity index (χ2v) is 13.5. The zero-order valence-electron chi connectivity index (χ0n) is 28.1. The van der Waals surface area contributed by atoms with Crippen LogP contribution < -0.4 is 39.3 Å². The van der Waals surface area contributed by atoms with E-state index in [9.17, 15) is 24.0 Å². The highest BCUT2D eigenvalue weighted by Crippen LogP contribution is 2.27. The Morgan fingerprint density at radius 2 is 1.42 bits per heavy atom. The summed E-state index contributed by atoms with van der Waals surface area (Å²) < 4.78 is 1.00. The number of guanidine groups is 2. The number of nitrogens with one attached hydrogen (secondary N) is 2. The van der Waals surface area contributed by atoms with E-state index >= 15 is 0 Å². The minimum Gasteiger partial charge on any atom is -0.370 e. The average molecular weight is 803 g/mol. The summed E-state index contributed by atoms with van der Waals surface area (Å²) in [5.41, 5.74) is 30.2. The van der Waals surface area contributed by atoms with Crippen molar-refractivity contribution in [3.63, 3.8) is 0 Å². The van der Waals surface area contributed by atoms with E-state index < -0.39 is 53.5 Å². The van der Waals surface area contributed by atoms with Gasteiger partial charge in [0.15, 0.2) is 17.7 Å². The zero-order chi connectivity index (χ0) is 36.8. The number of amides is 4. The van der Waals surface area contributed by atoms with E-state index in [0.29, 0.717) is 12.8 Å². The van der Waals surface area contributed by atoms with Gasteiger partial charge in [-0.2, -0.15) is 0 Å². The van der Waals surface area contributed by atoms with Crippen LogP contribution in [-0.2, 0) is 43.4 Å². The molecule has 3 rings (SSSR count). The van der Waals surface area contributed by atoms with Crippen molar-refractivity contribution >= 4 is 63.9 Å². The number of ketones is 1. The summed E-state index contributed by atoms with van der Waals surface area (Å²) in [4.78, 5) is 76.0. The Bertz CT molecular complexity index is 1570. The van der Waals surface area contributed by atoms with Crippen LogP contribution in [0.3, 0.4) is 0 Å². The quantitative estimate of drug-likeness (QED) is 0.0460. The number of nitrogens with two attached hydrogens (primary N) is 5. The number of carbonyl (C=O) groups excluding carboxylic acids is 5. The second kappa shape index (κ2) is 19.4. The number of hydrogen-bond donors (Lipinski definition) is 7. The molecule has 0 aromatic heterocycles. The van der Waals surface area contributed by atoms with Gasteiger partial charge in [0.1, 0.15) is 12.1 Å². The van der Waals surface area contributed by atoms with Crippen molar-refractivity contribution in [3.05, 3.63) is 68.8 Å². The summed E-state index contributed by atoms with van der Waals surface area (Å²) in [6, 6.07) is 12.2. The van der Waals surface area contributed by atoms with Gasteiger partial charge in [0, 0.05) is 48.9 Å². The fourth-order valence-electron chi connectivity index (χ4n) is 5.89. The zero-order valence-corrected chi connectivity index (χ0v) is 30.3. The Labute approximate surface area is 305 Å². The van der Waals surface area contributed by atoms with Gasteiger partial charge in [-0.15, -0.1) is 0 Å². The Morgan fingerprint density at radius 3 is 1.98 bits per heavy atom. The van der Waals surface area contributed by atoms with Gasteiger partial charge in [-0.3, -0.25) is 34.0 Å². The fourth-order valence-corrected chi connectivity index (χ4v) is 6.25. The molecular weight excluding hydrogens is 755 g/mol. The molecule has 0 saturated heterocycles. The Kier molecular flexibility index (Phi) is 15.4. The van der Waals surface area contributed by atoms with Crippen LogP contribution in [0.2, 0.25) is 0 Å². The number of hydrogen-bond acceptors (Lipinski definition) is 7. The van der Waals surface area contributed by atoms with E-state index in [1.165, 1.54) is 11.8 Å². The minimum absolute atomic E-state index is 0.0952. The molecule has 0 bridgehead atoms. The predicted octanol–water partition coefficient (Wildman–Crippen LogP) is -0.0554. The molecule has 1 aliphatic heterocycles. The Balaban J connectivity index is 1.91. The number of Topliss-reactive ketones (excluding diaryl/α,β-unsaturated/α-hetero) is 1. The molecular formula is C34H47IN10O5. The molecule has 0 unspecified atom stereocenters. The molecule has 2 aromatic rings. The van der Waals surface area contributed by atoms with Crippen molar-refractivity contribution in [3.8, 4) is 0 Å². The number of rotatable bonds is 18. The van der Waals surface area contributed by atoms with Gasteiger partial charge in [-0.1, -0.05) is 36.4 Å². The first kappa shape index (κ1) is 39.7. The van der Waals surface area contributed by atoms with Crippen molar-refractivity contribution in [1.82, 2.24) is 15.5 Å². The molecule has 0 radical (unpaired) electrons. The van der Waals surface area contributed by atoms with Crippen molar-refractivity contribution in [2.45, 2.75) is 76.5 Å². The first-order valence-electron chi connectivity index (χ1n) is 16.4. The number of aliphatic imine (C=N–C) groups is 2. The van der Waals surface area contributed by atoms with Crippen LogP contribution in [0.1, 0.15) is 55.7 Å². The van der Waals surface area contributed by atoms with Crippen LogP contribution in [-0.4, -0.2) is 77.4 Å². The maximum absolute atomic E-state index is 14.4. The van der Waals surface area contributed by atoms with Crippen LogP contribution >= 0.6 is 22.6 Å². The topological polar surface area (TPSA) is 267 Å². The summed E-state index contributed by atoms with van der Waals surface area (Å²) >= 11 is 2.18. The second-order valence-electron chi connectivity index (χ2n) is 12.3. The Hall–Kier alpha value is -4.74. The third kappa shape index (κ3) is 12.6. The number of benzene rings is 2. The van der Waals surface area contributed by atoms with E-state index in [0.717, 1.165) is 20.3 Å². The number of carbonyl (C=O) groups is 5. The van der Waals surface area contributed by atoms with Crippen molar-refractivity contribution in [1.29, 1.82) is 0 Å². The maximum atomic E-state index is 14.4. The lowest BCUT2D eigenvalue weighted by molar-refractivity contribution is -0.145. The molecule has 2 aromatic carbocycles. The first-order chi connectivity index (χ1) is 23.7. The highest BCUT2D eigenvalue weighted by Gasteiger charge is 2.38. The van der Waals surface area contributed by atoms with Gasteiger partial charge in [-0.05, 0) is 83.5 Å². The largest absolute Gasteiger partial charge is 0.370 e. The number of halogens is 1. The first-order valence-corrected chi connectivity index (χ1v) is 17.4. The van der Waals surface area contributed by atoms with E-state index in [2.05, 4.69) is 43.2 Å². The summed E-state index contributed by atoms with van der Waals surface area (Å²) in [7, 11) is 0. The van der Waals surface area contributed by atoms with Crippen LogP contribution in [0.4, 0.5) is 0 Å². The molecule has 12 N–H and O–H groups in total. The maximum Gasteiger partial charge on any atom is 0.243 e. The van der Waals surface area contributed by atoms with E-state index in [1.54, 1.807) is 0 Å². The van der Waals surface area contributed by atoms with Crippen LogP contribution in [0.5, 0.6) is 0 Å². The Morgan fingerprint density at radius 1 is 0.840 bits per heavy atom. The molecule has 4 amide bonds. The lowest BCUT2D eigenvalue weighted by atomic mass is 9.87. The number of primary amides is 1. The van der Waals surface area contributed by atoms with Crippen LogP contribution in [0.25, 0.3) is 0 Å². The highest BCUT2D eigenvalue weighted by molar-refractivity contribution is 14.1. The van der Waals surface area contributed by atoms with Crippen molar-refractivity contribution in [2.24, 2.45) is 44.6 Å². The van der Waals surface area contributed by atoms with Gasteiger partial charge in [0.05, 0.1) is 6.04 Å². The van der Waals surface area contributed by atoms with E-state index in [4.69, 9.17) is 28.7 Å². The molecule has 270 valence electrons. The third-order valence-corrected chi connectivity index (χ3v) is 9.06. The molecule has 0 spiro atoms. The monoisotopic (exact) mass is 802 g/mol. The molecule has 0 fully saturated rings. The summed E-state index contributed by atoms with van der Waals surface area (Å²) in [5, 5.41) is 5.42. The van der Waals surface area contributed by atoms with Crippen molar-refractivity contribution < 1.29 is 24.0 Å². The molecule has 1 aliphatic rings. The van der Waals surface area contributed by atoms with Gasteiger partial charge in [0.25, 0.3) is 0 Å². The predicted molar refractivity (Wildman–Crippen MR) is 199 cm³/mol. The van der Waals surface area contributed by atoms with Crippen molar-refractivity contribution in [2.75, 3.05) is 13.1 Å². The molecule has 0 aliphatic carbocycles. The van der Waals surface area contributed by atoms with Crippen LogP contribution in [0, 0.1) is 9.49 Å². The molecule has 15 nitrogen and oxygen atoms in total.